The van der Waals surface area contributed by atoms with E-state index in [1.165, 1.54) is 17.8 Å². The molecule has 4 N–H and O–H groups in total. The standard InChI is InChI=1S/C12H10FN5O2S.C8H10O/c1-21(19,20)10-3-2-8(4-9(10)13)17-12-16-6-7(5-14)11(15)18-12;9-7-6-8-4-2-1-3-5-8/h2-4,6H,1H3,(H3,15,16,17,18);1-5,9H,6-7H2. The number of nitriles is 1. The van der Waals surface area contributed by atoms with E-state index in [4.69, 9.17) is 16.1 Å². The average Bonchev–Trinajstić information content (AvgIpc) is 2.69. The Morgan fingerprint density at radius 2 is 1.93 bits per heavy atom. The van der Waals surface area contributed by atoms with Crippen molar-refractivity contribution in [2.45, 2.75) is 11.3 Å². The third kappa shape index (κ3) is 6.51. The molecule has 156 valence electrons. The van der Waals surface area contributed by atoms with Crippen LogP contribution in [0.5, 0.6) is 0 Å². The number of aromatic nitrogens is 2. The first-order valence-electron chi connectivity index (χ1n) is 8.68. The van der Waals surface area contributed by atoms with Gasteiger partial charge in [-0.25, -0.2) is 17.8 Å². The molecule has 0 aliphatic heterocycles. The number of nitrogen functional groups attached to an aromatic ring is 1. The molecule has 3 rings (SSSR count). The molecule has 0 amide bonds. The molecule has 10 heteroatoms. The van der Waals surface area contributed by atoms with Crippen LogP contribution in [0.4, 0.5) is 21.8 Å². The zero-order valence-electron chi connectivity index (χ0n) is 16.1. The van der Waals surface area contributed by atoms with Gasteiger partial charge in [-0.2, -0.15) is 10.2 Å². The predicted octanol–water partition coefficient (Wildman–Crippen LogP) is 2.44. The van der Waals surface area contributed by atoms with E-state index in [1.54, 1.807) is 0 Å². The summed E-state index contributed by atoms with van der Waals surface area (Å²) in [5, 5.41) is 19.9. The number of hydrogen-bond acceptors (Lipinski definition) is 8. The Labute approximate surface area is 173 Å². The lowest BCUT2D eigenvalue weighted by molar-refractivity contribution is 0.299. The van der Waals surface area contributed by atoms with Gasteiger partial charge in [-0.05, 0) is 30.2 Å². The summed E-state index contributed by atoms with van der Waals surface area (Å²) in [5.41, 5.74) is 7.10. The minimum Gasteiger partial charge on any atom is -0.396 e. The van der Waals surface area contributed by atoms with Crippen molar-refractivity contribution in [1.29, 1.82) is 5.26 Å². The molecule has 0 bridgehead atoms. The average molecular weight is 429 g/mol. The molecule has 30 heavy (non-hydrogen) atoms. The fourth-order valence-corrected chi connectivity index (χ4v) is 3.05. The second-order valence-electron chi connectivity index (χ2n) is 6.11. The zero-order chi connectivity index (χ0) is 22.1. The molecule has 0 saturated carbocycles. The maximum absolute atomic E-state index is 13.7. The van der Waals surface area contributed by atoms with Crippen LogP contribution < -0.4 is 11.1 Å². The van der Waals surface area contributed by atoms with Crippen LogP contribution in [0.3, 0.4) is 0 Å². The Balaban J connectivity index is 0.000000297. The number of halogens is 1. The molecule has 0 fully saturated rings. The van der Waals surface area contributed by atoms with Crippen molar-refractivity contribution in [3.05, 3.63) is 71.7 Å². The van der Waals surface area contributed by atoms with Crippen LogP contribution in [0, 0.1) is 17.1 Å². The highest BCUT2D eigenvalue weighted by molar-refractivity contribution is 7.90. The molecule has 1 heterocycles. The normalized spacial score (nSPS) is 10.5. The first kappa shape index (κ1) is 22.7. The van der Waals surface area contributed by atoms with E-state index >= 15 is 0 Å². The molecule has 0 aliphatic rings. The van der Waals surface area contributed by atoms with Crippen molar-refractivity contribution in [3.8, 4) is 6.07 Å². The van der Waals surface area contributed by atoms with Crippen LogP contribution >= 0.6 is 0 Å². The lowest BCUT2D eigenvalue weighted by atomic mass is 10.2. The summed E-state index contributed by atoms with van der Waals surface area (Å²) < 4.78 is 36.3. The van der Waals surface area contributed by atoms with Gasteiger partial charge in [0.25, 0.3) is 0 Å². The summed E-state index contributed by atoms with van der Waals surface area (Å²) in [6.45, 7) is 0.240. The summed E-state index contributed by atoms with van der Waals surface area (Å²) in [6, 6.07) is 15.3. The Morgan fingerprint density at radius 1 is 1.23 bits per heavy atom. The summed E-state index contributed by atoms with van der Waals surface area (Å²) in [7, 11) is -3.63. The number of sulfone groups is 1. The van der Waals surface area contributed by atoms with Crippen molar-refractivity contribution < 1.29 is 17.9 Å². The molecule has 0 radical (unpaired) electrons. The first-order chi connectivity index (χ1) is 14.2. The van der Waals surface area contributed by atoms with E-state index in [0.717, 1.165) is 24.8 Å². The van der Waals surface area contributed by atoms with Crippen LogP contribution in [-0.2, 0) is 16.3 Å². The van der Waals surface area contributed by atoms with Crippen LogP contribution in [0.15, 0.2) is 59.6 Å². The van der Waals surface area contributed by atoms with Crippen molar-refractivity contribution in [3.63, 3.8) is 0 Å². The fraction of sp³-hybridized carbons (Fsp3) is 0.150. The highest BCUT2D eigenvalue weighted by Crippen LogP contribution is 2.21. The van der Waals surface area contributed by atoms with E-state index in [-0.39, 0.29) is 29.6 Å². The van der Waals surface area contributed by atoms with Crippen molar-refractivity contribution >= 4 is 27.3 Å². The molecular formula is C20H20FN5O3S. The molecule has 2 aromatic carbocycles. The molecule has 3 aromatic rings. The summed E-state index contributed by atoms with van der Waals surface area (Å²) in [5.74, 6) is -0.828. The largest absolute Gasteiger partial charge is 0.396 e. The van der Waals surface area contributed by atoms with Crippen molar-refractivity contribution in [1.82, 2.24) is 9.97 Å². The third-order valence-corrected chi connectivity index (χ3v) is 4.90. The number of nitrogens with one attached hydrogen (secondary N) is 1. The third-order valence-electron chi connectivity index (χ3n) is 3.77. The Bertz CT molecular complexity index is 1150. The highest BCUT2D eigenvalue weighted by atomic mass is 32.2. The van der Waals surface area contributed by atoms with Gasteiger partial charge in [0.05, 0.1) is 6.20 Å². The van der Waals surface area contributed by atoms with Crippen molar-refractivity contribution in [2.24, 2.45) is 0 Å². The number of aliphatic hydroxyl groups is 1. The second kappa shape index (κ2) is 10.3. The van der Waals surface area contributed by atoms with E-state index in [1.807, 2.05) is 36.4 Å². The maximum Gasteiger partial charge on any atom is 0.229 e. The van der Waals surface area contributed by atoms with Gasteiger partial charge < -0.3 is 16.2 Å². The second-order valence-corrected chi connectivity index (χ2v) is 8.09. The quantitative estimate of drug-likeness (QED) is 0.561. The Kier molecular flexibility index (Phi) is 7.80. The first-order valence-corrected chi connectivity index (χ1v) is 10.6. The monoisotopic (exact) mass is 429 g/mol. The molecule has 0 atom stereocenters. The number of anilines is 3. The van der Waals surface area contributed by atoms with Gasteiger partial charge in [0, 0.05) is 18.6 Å². The smallest absolute Gasteiger partial charge is 0.229 e. The number of hydrogen-bond donors (Lipinski definition) is 3. The number of benzene rings is 2. The molecule has 0 unspecified atom stereocenters. The summed E-state index contributed by atoms with van der Waals surface area (Å²) >= 11 is 0. The summed E-state index contributed by atoms with van der Waals surface area (Å²) in [6.07, 6.45) is 2.91. The molecule has 1 aromatic heterocycles. The van der Waals surface area contributed by atoms with Gasteiger partial charge in [-0.1, -0.05) is 30.3 Å². The van der Waals surface area contributed by atoms with Crippen LogP contribution in [0.2, 0.25) is 0 Å². The lowest BCUT2D eigenvalue weighted by Crippen LogP contribution is -2.04. The minimum absolute atomic E-state index is 0.0109. The van der Waals surface area contributed by atoms with Gasteiger partial charge in [0.2, 0.25) is 5.95 Å². The topological polar surface area (TPSA) is 142 Å². The Morgan fingerprint density at radius 3 is 2.47 bits per heavy atom. The highest BCUT2D eigenvalue weighted by Gasteiger charge is 2.14. The molecule has 0 aliphatic carbocycles. The molecule has 0 saturated heterocycles. The predicted molar refractivity (Wildman–Crippen MR) is 111 cm³/mol. The lowest BCUT2D eigenvalue weighted by Gasteiger charge is -2.07. The molecular weight excluding hydrogens is 409 g/mol. The van der Waals surface area contributed by atoms with Crippen LogP contribution in [0.25, 0.3) is 0 Å². The number of nitrogens with two attached hydrogens (primary N) is 1. The Hall–Kier alpha value is -3.55. The van der Waals surface area contributed by atoms with Crippen molar-refractivity contribution in [2.75, 3.05) is 23.9 Å². The number of aliphatic hydroxyl groups excluding tert-OH is 1. The molecule has 8 nitrogen and oxygen atoms in total. The number of nitrogens with zero attached hydrogens (tertiary/aromatic N) is 3. The van der Waals surface area contributed by atoms with Gasteiger partial charge >= 0.3 is 0 Å². The van der Waals surface area contributed by atoms with Gasteiger partial charge in [0.1, 0.15) is 28.2 Å². The summed E-state index contributed by atoms with van der Waals surface area (Å²) in [4.78, 5) is 7.28. The van der Waals surface area contributed by atoms with Gasteiger partial charge in [0.15, 0.2) is 9.84 Å². The fourth-order valence-electron chi connectivity index (χ4n) is 2.32. The maximum atomic E-state index is 13.7. The van der Waals surface area contributed by atoms with Crippen LogP contribution in [-0.4, -0.2) is 36.4 Å². The van der Waals surface area contributed by atoms with Gasteiger partial charge in [-0.15, -0.1) is 0 Å². The molecule has 0 spiro atoms. The van der Waals surface area contributed by atoms with E-state index < -0.39 is 20.5 Å². The SMILES string of the molecule is CS(=O)(=O)c1ccc(Nc2ncc(C#N)c(N)n2)cc1F.OCCc1ccccc1. The van der Waals surface area contributed by atoms with Gasteiger partial charge in [-0.3, -0.25) is 0 Å². The van der Waals surface area contributed by atoms with E-state index in [2.05, 4.69) is 15.3 Å². The van der Waals surface area contributed by atoms with E-state index in [0.29, 0.717) is 0 Å². The number of rotatable bonds is 5. The zero-order valence-corrected chi connectivity index (χ0v) is 16.9. The van der Waals surface area contributed by atoms with E-state index in [9.17, 15) is 12.8 Å². The minimum atomic E-state index is -3.63. The van der Waals surface area contributed by atoms with Crippen LogP contribution in [0.1, 0.15) is 11.1 Å².